The molecule has 0 aromatic heterocycles. The lowest BCUT2D eigenvalue weighted by Gasteiger charge is -2.54. The lowest BCUT2D eigenvalue weighted by Crippen LogP contribution is -2.52. The van der Waals surface area contributed by atoms with Gasteiger partial charge >= 0.3 is 0 Å². The summed E-state index contributed by atoms with van der Waals surface area (Å²) in [5.41, 5.74) is 3.78. The Bertz CT molecular complexity index is 423. The second kappa shape index (κ2) is 5.28. The van der Waals surface area contributed by atoms with Gasteiger partial charge in [0.15, 0.2) is 0 Å². The van der Waals surface area contributed by atoms with Crippen LogP contribution in [0.4, 0.5) is 0 Å². The van der Waals surface area contributed by atoms with Crippen molar-refractivity contribution in [1.29, 1.82) is 0 Å². The molecule has 0 saturated heterocycles. The molecular weight excluding hydrogens is 230 g/mol. The lowest BCUT2D eigenvalue weighted by molar-refractivity contribution is 0.0558. The highest BCUT2D eigenvalue weighted by Gasteiger charge is 2.49. The summed E-state index contributed by atoms with van der Waals surface area (Å²) in [5.74, 6) is 0.725. The third kappa shape index (κ3) is 3.39. The maximum Gasteiger partial charge on any atom is 0.00880 e. The van der Waals surface area contributed by atoms with E-state index in [2.05, 4.69) is 64.2 Å². The summed E-state index contributed by atoms with van der Waals surface area (Å²) in [5, 5.41) is 3.68. The highest BCUT2D eigenvalue weighted by Crippen LogP contribution is 2.55. The lowest BCUT2D eigenvalue weighted by atomic mass is 9.52. The highest BCUT2D eigenvalue weighted by atomic mass is 14.9. The van der Waals surface area contributed by atoms with Crippen LogP contribution in [0.5, 0.6) is 0 Å². The molecule has 0 spiro atoms. The molecule has 1 aliphatic rings. The molecule has 0 amide bonds. The van der Waals surface area contributed by atoms with E-state index in [1.54, 1.807) is 0 Å². The van der Waals surface area contributed by atoms with Crippen LogP contribution in [0.15, 0.2) is 24.3 Å². The Morgan fingerprint density at radius 1 is 1.21 bits per heavy atom. The Balaban J connectivity index is 2.12. The van der Waals surface area contributed by atoms with Crippen molar-refractivity contribution in [1.82, 2.24) is 5.32 Å². The van der Waals surface area contributed by atoms with Gasteiger partial charge in [-0.15, -0.1) is 0 Å². The van der Waals surface area contributed by atoms with Crippen LogP contribution in [0.3, 0.4) is 0 Å². The third-order valence-corrected chi connectivity index (χ3v) is 4.28. The van der Waals surface area contributed by atoms with Crippen molar-refractivity contribution in [2.24, 2.45) is 11.3 Å². The maximum atomic E-state index is 3.68. The molecule has 0 bridgehead atoms. The predicted octanol–water partition coefficient (Wildman–Crippen LogP) is 4.30. The van der Waals surface area contributed by atoms with Crippen LogP contribution in [0.2, 0.25) is 0 Å². The van der Waals surface area contributed by atoms with Gasteiger partial charge in [-0.2, -0.15) is 0 Å². The number of rotatable bonds is 5. The van der Waals surface area contributed by atoms with Crippen LogP contribution in [0.25, 0.3) is 0 Å². The Labute approximate surface area is 118 Å². The molecule has 1 heteroatoms. The van der Waals surface area contributed by atoms with E-state index >= 15 is 0 Å². The Morgan fingerprint density at radius 2 is 1.89 bits per heavy atom. The minimum absolute atomic E-state index is 0.365. The number of nitrogens with one attached hydrogen (secondary N) is 1. The van der Waals surface area contributed by atoms with Crippen molar-refractivity contribution >= 4 is 0 Å². The molecule has 1 aromatic rings. The molecule has 1 N–H and O–H groups in total. The summed E-state index contributed by atoms with van der Waals surface area (Å²) < 4.78 is 0. The number of hydrogen-bond acceptors (Lipinski definition) is 1. The van der Waals surface area contributed by atoms with E-state index in [9.17, 15) is 0 Å². The van der Waals surface area contributed by atoms with Crippen molar-refractivity contribution in [3.8, 4) is 0 Å². The number of aryl methyl sites for hydroxylation is 1. The van der Waals surface area contributed by atoms with E-state index < -0.39 is 0 Å². The van der Waals surface area contributed by atoms with Crippen LogP contribution in [0.1, 0.15) is 51.7 Å². The first kappa shape index (κ1) is 14.6. The first-order valence-electron chi connectivity index (χ1n) is 7.61. The molecule has 0 radical (unpaired) electrons. The van der Waals surface area contributed by atoms with E-state index in [1.165, 1.54) is 24.0 Å². The smallest absolute Gasteiger partial charge is 0.00880 e. The van der Waals surface area contributed by atoms with Gasteiger partial charge in [-0.05, 0) is 43.2 Å². The molecule has 1 aromatic carbocycles. The summed E-state index contributed by atoms with van der Waals surface area (Å²) in [4.78, 5) is 0. The van der Waals surface area contributed by atoms with E-state index in [1.807, 2.05) is 0 Å². The van der Waals surface area contributed by atoms with Gasteiger partial charge in [-0.25, -0.2) is 0 Å². The average Bonchev–Trinajstić information content (AvgIpc) is 2.25. The van der Waals surface area contributed by atoms with Gasteiger partial charge in [0, 0.05) is 12.0 Å². The molecule has 0 aliphatic heterocycles. The molecule has 0 unspecified atom stereocenters. The van der Waals surface area contributed by atoms with Crippen molar-refractivity contribution in [3.63, 3.8) is 0 Å². The van der Waals surface area contributed by atoms with Crippen molar-refractivity contribution in [2.75, 3.05) is 13.1 Å². The third-order valence-electron chi connectivity index (χ3n) is 4.28. The Hall–Kier alpha value is -0.820. The minimum atomic E-state index is 0.365. The van der Waals surface area contributed by atoms with E-state index in [0.29, 0.717) is 10.8 Å². The Morgan fingerprint density at radius 3 is 2.42 bits per heavy atom. The van der Waals surface area contributed by atoms with E-state index in [-0.39, 0.29) is 0 Å². The maximum absolute atomic E-state index is 3.68. The minimum Gasteiger partial charge on any atom is -0.316 e. The number of hydrogen-bond donors (Lipinski definition) is 1. The van der Waals surface area contributed by atoms with Crippen LogP contribution in [0, 0.1) is 18.3 Å². The largest absolute Gasteiger partial charge is 0.316 e. The molecule has 106 valence electrons. The van der Waals surface area contributed by atoms with Crippen LogP contribution >= 0.6 is 0 Å². The zero-order valence-corrected chi connectivity index (χ0v) is 13.2. The fourth-order valence-corrected chi connectivity index (χ4v) is 3.79. The van der Waals surface area contributed by atoms with Crippen molar-refractivity contribution in [2.45, 2.75) is 52.9 Å². The molecule has 0 heterocycles. The van der Waals surface area contributed by atoms with Crippen LogP contribution in [-0.2, 0) is 5.41 Å². The quantitative estimate of drug-likeness (QED) is 0.831. The highest BCUT2D eigenvalue weighted by molar-refractivity contribution is 5.34. The molecule has 1 fully saturated rings. The molecular formula is C18H29N. The molecule has 0 atom stereocenters. The standard InChI is InChI=1S/C18H29N/c1-14(2)10-19-13-18(11-17(4,5)12-18)16-8-6-7-15(3)9-16/h6-9,14,19H,10-13H2,1-5H3. The SMILES string of the molecule is Cc1cccc(C2(CNCC(C)C)CC(C)(C)C2)c1. The van der Waals surface area contributed by atoms with Gasteiger partial charge in [0.2, 0.25) is 0 Å². The Kier molecular flexibility index (Phi) is 4.06. The molecule has 2 rings (SSSR count). The fraction of sp³-hybridized carbons (Fsp3) is 0.667. The summed E-state index contributed by atoms with van der Waals surface area (Å²) >= 11 is 0. The van der Waals surface area contributed by atoms with Gasteiger partial charge in [-0.3, -0.25) is 0 Å². The zero-order valence-electron chi connectivity index (χ0n) is 13.2. The van der Waals surface area contributed by atoms with Gasteiger partial charge in [0.1, 0.15) is 0 Å². The molecule has 19 heavy (non-hydrogen) atoms. The predicted molar refractivity (Wildman–Crippen MR) is 83.6 cm³/mol. The summed E-state index contributed by atoms with van der Waals surface area (Å²) in [6.45, 7) is 13.8. The normalized spacial score (nSPS) is 20.3. The van der Waals surface area contributed by atoms with Crippen LogP contribution in [-0.4, -0.2) is 13.1 Å². The second-order valence-electron chi connectivity index (χ2n) is 7.69. The zero-order chi connectivity index (χ0) is 14.1. The van der Waals surface area contributed by atoms with Gasteiger partial charge in [-0.1, -0.05) is 57.5 Å². The topological polar surface area (TPSA) is 12.0 Å². The summed E-state index contributed by atoms with van der Waals surface area (Å²) in [6, 6.07) is 9.11. The fourth-order valence-electron chi connectivity index (χ4n) is 3.79. The van der Waals surface area contributed by atoms with Crippen LogP contribution < -0.4 is 5.32 Å². The summed E-state index contributed by atoms with van der Waals surface area (Å²) in [6.07, 6.45) is 2.60. The average molecular weight is 259 g/mol. The van der Waals surface area contributed by atoms with Crippen molar-refractivity contribution in [3.05, 3.63) is 35.4 Å². The first-order valence-corrected chi connectivity index (χ1v) is 7.61. The van der Waals surface area contributed by atoms with Gasteiger partial charge < -0.3 is 5.32 Å². The van der Waals surface area contributed by atoms with Crippen molar-refractivity contribution < 1.29 is 0 Å². The molecule has 1 saturated carbocycles. The van der Waals surface area contributed by atoms with Gasteiger partial charge in [0.05, 0.1) is 0 Å². The summed E-state index contributed by atoms with van der Waals surface area (Å²) in [7, 11) is 0. The van der Waals surface area contributed by atoms with Gasteiger partial charge in [0.25, 0.3) is 0 Å². The first-order chi connectivity index (χ1) is 8.83. The molecule has 1 aliphatic carbocycles. The second-order valence-corrected chi connectivity index (χ2v) is 7.69. The number of benzene rings is 1. The monoisotopic (exact) mass is 259 g/mol. The van der Waals surface area contributed by atoms with E-state index in [4.69, 9.17) is 0 Å². The molecule has 1 nitrogen and oxygen atoms in total. The van der Waals surface area contributed by atoms with E-state index in [0.717, 1.165) is 19.0 Å².